The van der Waals surface area contributed by atoms with Crippen molar-refractivity contribution >= 4 is 18.3 Å². The Morgan fingerprint density at radius 1 is 1.83 bits per heavy atom. The van der Waals surface area contributed by atoms with Gasteiger partial charge in [-0.25, -0.2) is 5.84 Å². The minimum atomic E-state index is -0.279. The van der Waals surface area contributed by atoms with E-state index in [0.29, 0.717) is 11.5 Å². The van der Waals surface area contributed by atoms with Crippen LogP contribution in [0.25, 0.3) is 0 Å². The van der Waals surface area contributed by atoms with Gasteiger partial charge in [-0.05, 0) is 6.92 Å². The standard InChI is InChI=1S/C6H9N3O2.ClH/c1-4-2-5(9-11-4)3-6(10)8-7;/h2H,3,7H2,1H3,(H,8,10);1H. The van der Waals surface area contributed by atoms with Gasteiger partial charge in [0.1, 0.15) is 5.76 Å². The van der Waals surface area contributed by atoms with E-state index in [4.69, 9.17) is 10.4 Å². The molecule has 0 aliphatic rings. The lowest BCUT2D eigenvalue weighted by Crippen LogP contribution is -2.31. The fraction of sp³-hybridized carbons (Fsp3) is 0.333. The van der Waals surface area contributed by atoms with E-state index in [1.807, 2.05) is 5.43 Å². The molecule has 0 aliphatic carbocycles. The van der Waals surface area contributed by atoms with Crippen LogP contribution >= 0.6 is 12.4 Å². The number of halogens is 1. The third kappa shape index (κ3) is 2.89. The topological polar surface area (TPSA) is 81.2 Å². The summed E-state index contributed by atoms with van der Waals surface area (Å²) in [6, 6.07) is 1.69. The van der Waals surface area contributed by atoms with Gasteiger partial charge in [0.05, 0.1) is 12.1 Å². The van der Waals surface area contributed by atoms with Crippen LogP contribution in [0.3, 0.4) is 0 Å². The molecule has 1 rings (SSSR count). The summed E-state index contributed by atoms with van der Waals surface area (Å²) in [5, 5.41) is 3.61. The predicted octanol–water partition coefficient (Wildman–Crippen LogP) is -0.0628. The summed E-state index contributed by atoms with van der Waals surface area (Å²) in [5.74, 6) is 5.27. The average Bonchev–Trinajstić information content (AvgIpc) is 2.35. The molecule has 0 atom stereocenters. The lowest BCUT2D eigenvalue weighted by atomic mass is 10.3. The van der Waals surface area contributed by atoms with Crippen molar-refractivity contribution < 1.29 is 9.32 Å². The average molecular weight is 192 g/mol. The van der Waals surface area contributed by atoms with Crippen LogP contribution in [0.2, 0.25) is 0 Å². The minimum absolute atomic E-state index is 0. The highest BCUT2D eigenvalue weighted by Gasteiger charge is 2.04. The molecule has 0 unspecified atom stereocenters. The second kappa shape index (κ2) is 4.74. The Kier molecular flexibility index (Phi) is 4.31. The highest BCUT2D eigenvalue weighted by atomic mass is 35.5. The zero-order valence-electron chi connectivity index (χ0n) is 6.53. The first-order valence-electron chi connectivity index (χ1n) is 3.14. The molecule has 5 nitrogen and oxygen atoms in total. The monoisotopic (exact) mass is 191 g/mol. The van der Waals surface area contributed by atoms with Crippen molar-refractivity contribution in [3.63, 3.8) is 0 Å². The van der Waals surface area contributed by atoms with Gasteiger partial charge in [0, 0.05) is 6.07 Å². The fourth-order valence-corrected chi connectivity index (χ4v) is 0.717. The van der Waals surface area contributed by atoms with Gasteiger partial charge >= 0.3 is 0 Å². The first-order chi connectivity index (χ1) is 5.22. The van der Waals surface area contributed by atoms with E-state index in [2.05, 4.69) is 5.16 Å². The molecule has 0 saturated heterocycles. The van der Waals surface area contributed by atoms with Crippen molar-refractivity contribution in [2.24, 2.45) is 5.84 Å². The van der Waals surface area contributed by atoms with Gasteiger partial charge in [-0.1, -0.05) is 5.16 Å². The molecule has 1 aromatic heterocycles. The normalized spacial score (nSPS) is 8.83. The van der Waals surface area contributed by atoms with E-state index in [9.17, 15) is 4.79 Å². The summed E-state index contributed by atoms with van der Waals surface area (Å²) in [6.45, 7) is 1.76. The van der Waals surface area contributed by atoms with E-state index in [1.54, 1.807) is 13.0 Å². The van der Waals surface area contributed by atoms with Crippen LogP contribution < -0.4 is 11.3 Å². The maximum Gasteiger partial charge on any atom is 0.240 e. The number of nitrogens with zero attached hydrogens (tertiary/aromatic N) is 1. The van der Waals surface area contributed by atoms with Crippen LogP contribution in [-0.4, -0.2) is 11.1 Å². The molecule has 1 amide bonds. The molecular weight excluding hydrogens is 182 g/mol. The molecule has 1 aromatic rings. The molecule has 0 aliphatic heterocycles. The number of hydrogen-bond acceptors (Lipinski definition) is 4. The number of nitrogens with one attached hydrogen (secondary N) is 1. The third-order valence-corrected chi connectivity index (χ3v) is 1.18. The lowest BCUT2D eigenvalue weighted by molar-refractivity contribution is -0.120. The SMILES string of the molecule is Cc1cc(CC(=O)NN)no1.Cl. The van der Waals surface area contributed by atoms with Gasteiger partial charge in [0.25, 0.3) is 0 Å². The van der Waals surface area contributed by atoms with Gasteiger partial charge in [-0.15, -0.1) is 12.4 Å². The first kappa shape index (κ1) is 10.9. The Hall–Kier alpha value is -1.07. The Balaban J connectivity index is 0.00000121. The van der Waals surface area contributed by atoms with E-state index >= 15 is 0 Å². The van der Waals surface area contributed by atoms with Crippen molar-refractivity contribution in [2.75, 3.05) is 0 Å². The molecular formula is C6H10ClN3O2. The van der Waals surface area contributed by atoms with Crippen molar-refractivity contribution in [2.45, 2.75) is 13.3 Å². The van der Waals surface area contributed by atoms with E-state index in [-0.39, 0.29) is 24.7 Å². The van der Waals surface area contributed by atoms with Crippen LogP contribution in [0, 0.1) is 6.92 Å². The third-order valence-electron chi connectivity index (χ3n) is 1.18. The molecule has 0 fully saturated rings. The fourth-order valence-electron chi connectivity index (χ4n) is 0.717. The molecule has 6 heteroatoms. The first-order valence-corrected chi connectivity index (χ1v) is 3.14. The predicted molar refractivity (Wildman–Crippen MR) is 44.5 cm³/mol. The second-order valence-corrected chi connectivity index (χ2v) is 2.17. The number of nitrogens with two attached hydrogens (primary N) is 1. The van der Waals surface area contributed by atoms with Gasteiger partial charge in [-0.3, -0.25) is 10.2 Å². The Morgan fingerprint density at radius 2 is 2.50 bits per heavy atom. The van der Waals surface area contributed by atoms with Crippen molar-refractivity contribution in [3.8, 4) is 0 Å². The van der Waals surface area contributed by atoms with E-state index in [0.717, 1.165) is 0 Å². The number of aryl methyl sites for hydroxylation is 1. The maximum absolute atomic E-state index is 10.7. The number of carbonyl (C=O) groups is 1. The molecule has 68 valence electrons. The summed E-state index contributed by atoms with van der Waals surface area (Å²) in [4.78, 5) is 10.7. The Bertz CT molecular complexity index is 261. The zero-order valence-corrected chi connectivity index (χ0v) is 7.35. The molecule has 0 saturated carbocycles. The summed E-state index contributed by atoms with van der Waals surface area (Å²) in [7, 11) is 0. The van der Waals surface area contributed by atoms with Gasteiger partial charge in [0.2, 0.25) is 5.91 Å². The van der Waals surface area contributed by atoms with Crippen LogP contribution in [0.15, 0.2) is 10.6 Å². The molecule has 0 radical (unpaired) electrons. The van der Waals surface area contributed by atoms with E-state index < -0.39 is 0 Å². The number of carbonyl (C=O) groups excluding carboxylic acids is 1. The van der Waals surface area contributed by atoms with Crippen LogP contribution in [-0.2, 0) is 11.2 Å². The van der Waals surface area contributed by atoms with Crippen LogP contribution in [0.5, 0.6) is 0 Å². The smallest absolute Gasteiger partial charge is 0.240 e. The molecule has 0 bridgehead atoms. The summed E-state index contributed by atoms with van der Waals surface area (Å²) in [6.07, 6.45) is 0.161. The van der Waals surface area contributed by atoms with Crippen molar-refractivity contribution in [1.82, 2.24) is 10.6 Å². The number of hydrazine groups is 1. The highest BCUT2D eigenvalue weighted by Crippen LogP contribution is 2.01. The van der Waals surface area contributed by atoms with Gasteiger partial charge < -0.3 is 4.52 Å². The molecule has 0 aromatic carbocycles. The quantitative estimate of drug-likeness (QED) is 0.390. The summed E-state index contributed by atoms with van der Waals surface area (Å²) >= 11 is 0. The minimum Gasteiger partial charge on any atom is -0.361 e. The van der Waals surface area contributed by atoms with Gasteiger partial charge in [0.15, 0.2) is 0 Å². The van der Waals surface area contributed by atoms with Crippen molar-refractivity contribution in [1.29, 1.82) is 0 Å². The summed E-state index contributed by atoms with van der Waals surface area (Å²) in [5.41, 5.74) is 2.59. The van der Waals surface area contributed by atoms with E-state index in [1.165, 1.54) is 0 Å². The van der Waals surface area contributed by atoms with Crippen molar-refractivity contribution in [3.05, 3.63) is 17.5 Å². The number of aromatic nitrogens is 1. The van der Waals surface area contributed by atoms with Crippen LogP contribution in [0.4, 0.5) is 0 Å². The lowest BCUT2D eigenvalue weighted by Gasteiger charge is -1.92. The second-order valence-electron chi connectivity index (χ2n) is 2.17. The molecule has 1 heterocycles. The van der Waals surface area contributed by atoms with Gasteiger partial charge in [-0.2, -0.15) is 0 Å². The largest absolute Gasteiger partial charge is 0.361 e. The maximum atomic E-state index is 10.7. The Labute approximate surface area is 75.7 Å². The molecule has 12 heavy (non-hydrogen) atoms. The highest BCUT2D eigenvalue weighted by molar-refractivity contribution is 5.85. The molecule has 0 spiro atoms. The Morgan fingerprint density at radius 3 is 2.92 bits per heavy atom. The number of amides is 1. The zero-order chi connectivity index (χ0) is 8.27. The number of hydrogen-bond donors (Lipinski definition) is 2. The summed E-state index contributed by atoms with van der Waals surface area (Å²) < 4.78 is 4.74. The van der Waals surface area contributed by atoms with Crippen LogP contribution in [0.1, 0.15) is 11.5 Å². The molecule has 3 N–H and O–H groups in total. The number of rotatable bonds is 2.